The number of thioether (sulfide) groups is 1. The van der Waals surface area contributed by atoms with Crippen LogP contribution in [-0.4, -0.2) is 43.4 Å². The monoisotopic (exact) mass is 490 g/mol. The molecular formula is C24H28F2N4O3S. The second-order valence-electron chi connectivity index (χ2n) is 9.36. The van der Waals surface area contributed by atoms with Gasteiger partial charge in [-0.3, -0.25) is 9.36 Å². The SMILES string of the molecule is CSc1nc(O[C@H]2CC[C@@H](CC(=O)OC(C)(C)C)C2)cc(-n2c(C(F)F)nc3ccccc32)n1. The summed E-state index contributed by atoms with van der Waals surface area (Å²) in [7, 11) is 0. The number of benzene rings is 1. The molecule has 2 atom stereocenters. The van der Waals surface area contributed by atoms with Crippen LogP contribution in [0.4, 0.5) is 8.78 Å². The van der Waals surface area contributed by atoms with Gasteiger partial charge in [-0.05, 0) is 64.3 Å². The van der Waals surface area contributed by atoms with Crippen LogP contribution < -0.4 is 4.74 Å². The summed E-state index contributed by atoms with van der Waals surface area (Å²) < 4.78 is 40.6. The first kappa shape index (κ1) is 24.4. The Kier molecular flexibility index (Phi) is 7.06. The fourth-order valence-electron chi connectivity index (χ4n) is 4.20. The lowest BCUT2D eigenvalue weighted by Crippen LogP contribution is -2.25. The van der Waals surface area contributed by atoms with Crippen molar-refractivity contribution >= 4 is 28.8 Å². The van der Waals surface area contributed by atoms with Crippen molar-refractivity contribution in [2.75, 3.05) is 6.26 Å². The first-order valence-corrected chi connectivity index (χ1v) is 12.4. The third-order valence-electron chi connectivity index (χ3n) is 5.52. The molecule has 1 aromatic carbocycles. The minimum atomic E-state index is -2.77. The second-order valence-corrected chi connectivity index (χ2v) is 10.1. The Labute approximate surface area is 201 Å². The molecule has 1 fully saturated rings. The highest BCUT2D eigenvalue weighted by molar-refractivity contribution is 7.98. The average molecular weight is 491 g/mol. The maximum atomic E-state index is 13.8. The Morgan fingerprint density at radius 2 is 1.97 bits per heavy atom. The predicted octanol–water partition coefficient (Wildman–Crippen LogP) is 5.75. The van der Waals surface area contributed by atoms with Crippen LogP contribution in [0.2, 0.25) is 0 Å². The quantitative estimate of drug-likeness (QED) is 0.237. The van der Waals surface area contributed by atoms with E-state index < -0.39 is 12.0 Å². The lowest BCUT2D eigenvalue weighted by atomic mass is 10.0. The van der Waals surface area contributed by atoms with Crippen molar-refractivity contribution in [2.24, 2.45) is 5.92 Å². The number of imidazole rings is 1. The molecule has 1 saturated carbocycles. The van der Waals surface area contributed by atoms with Crippen molar-refractivity contribution in [3.8, 4) is 11.7 Å². The molecule has 2 heterocycles. The fraction of sp³-hybridized carbons (Fsp3) is 0.500. The number of nitrogens with zero attached hydrogens (tertiary/aromatic N) is 4. The molecule has 0 aliphatic heterocycles. The summed E-state index contributed by atoms with van der Waals surface area (Å²) in [6, 6.07) is 8.52. The van der Waals surface area contributed by atoms with E-state index in [1.54, 1.807) is 30.3 Å². The van der Waals surface area contributed by atoms with Gasteiger partial charge in [-0.15, -0.1) is 0 Å². The molecule has 1 aliphatic rings. The molecule has 0 unspecified atom stereocenters. The molecule has 182 valence electrons. The third kappa shape index (κ3) is 5.65. The van der Waals surface area contributed by atoms with Crippen LogP contribution in [0.1, 0.15) is 58.7 Å². The van der Waals surface area contributed by atoms with Gasteiger partial charge in [0.15, 0.2) is 11.0 Å². The molecule has 34 heavy (non-hydrogen) atoms. The third-order valence-corrected chi connectivity index (χ3v) is 6.07. The zero-order chi connectivity index (χ0) is 24.5. The van der Waals surface area contributed by atoms with Gasteiger partial charge in [-0.25, -0.2) is 18.7 Å². The standard InChI is InChI=1S/C24H28F2N4O3S/c1-24(2,3)33-20(31)12-14-9-10-15(11-14)32-19-13-18(28-23(29-19)34-4)30-17-8-6-5-7-16(17)27-22(30)21(25)26/h5-8,13-15,21H,9-12H2,1-4H3/t14-,15+/m1/s1. The van der Waals surface area contributed by atoms with E-state index in [0.717, 1.165) is 12.8 Å². The number of hydrogen-bond acceptors (Lipinski definition) is 7. The summed E-state index contributed by atoms with van der Waals surface area (Å²) in [5, 5.41) is 0.411. The molecule has 0 radical (unpaired) electrons. The summed E-state index contributed by atoms with van der Waals surface area (Å²) >= 11 is 1.30. The van der Waals surface area contributed by atoms with Crippen molar-refractivity contribution in [1.29, 1.82) is 0 Å². The smallest absolute Gasteiger partial charge is 0.306 e. The van der Waals surface area contributed by atoms with Crippen molar-refractivity contribution < 1.29 is 23.0 Å². The molecule has 7 nitrogen and oxygen atoms in total. The van der Waals surface area contributed by atoms with Crippen LogP contribution in [-0.2, 0) is 9.53 Å². The lowest BCUT2D eigenvalue weighted by Gasteiger charge is -2.20. The van der Waals surface area contributed by atoms with E-state index in [1.807, 2.05) is 27.0 Å². The fourth-order valence-corrected chi connectivity index (χ4v) is 4.57. The molecule has 0 N–H and O–H groups in total. The molecule has 0 bridgehead atoms. The molecule has 4 rings (SSSR count). The highest BCUT2D eigenvalue weighted by Crippen LogP contribution is 2.33. The topological polar surface area (TPSA) is 79.1 Å². The number of carbonyl (C=O) groups is 1. The summed E-state index contributed by atoms with van der Waals surface area (Å²) in [6.45, 7) is 5.55. The lowest BCUT2D eigenvalue weighted by molar-refractivity contribution is -0.155. The second kappa shape index (κ2) is 9.85. The van der Waals surface area contributed by atoms with Gasteiger partial charge in [0.25, 0.3) is 6.43 Å². The number of fused-ring (bicyclic) bond motifs is 1. The number of carbonyl (C=O) groups excluding carboxylic acids is 1. The summed E-state index contributed by atoms with van der Waals surface area (Å²) in [4.78, 5) is 25.2. The van der Waals surface area contributed by atoms with Gasteiger partial charge < -0.3 is 9.47 Å². The highest BCUT2D eigenvalue weighted by atomic mass is 32.2. The number of halogens is 2. The highest BCUT2D eigenvalue weighted by Gasteiger charge is 2.30. The van der Waals surface area contributed by atoms with Gasteiger partial charge in [-0.2, -0.15) is 4.98 Å². The number of esters is 1. The van der Waals surface area contributed by atoms with Gasteiger partial charge >= 0.3 is 5.97 Å². The first-order valence-electron chi connectivity index (χ1n) is 11.2. The van der Waals surface area contributed by atoms with Crippen LogP contribution in [0.25, 0.3) is 16.9 Å². The Bertz CT molecular complexity index is 1180. The van der Waals surface area contributed by atoms with Gasteiger partial charge in [-0.1, -0.05) is 23.9 Å². The number of aromatic nitrogens is 4. The largest absolute Gasteiger partial charge is 0.474 e. The van der Waals surface area contributed by atoms with E-state index >= 15 is 0 Å². The summed E-state index contributed by atoms with van der Waals surface area (Å²) in [5.74, 6) is 0.177. The van der Waals surface area contributed by atoms with E-state index in [0.29, 0.717) is 34.9 Å². The summed E-state index contributed by atoms with van der Waals surface area (Å²) in [6.07, 6.45) is 1.59. The zero-order valence-corrected chi connectivity index (χ0v) is 20.4. The Morgan fingerprint density at radius 3 is 2.68 bits per heavy atom. The van der Waals surface area contributed by atoms with E-state index in [4.69, 9.17) is 9.47 Å². The van der Waals surface area contributed by atoms with Crippen LogP contribution >= 0.6 is 11.8 Å². The van der Waals surface area contributed by atoms with E-state index in [2.05, 4.69) is 15.0 Å². The normalized spacial score (nSPS) is 18.6. The maximum Gasteiger partial charge on any atom is 0.306 e. The zero-order valence-electron chi connectivity index (χ0n) is 19.6. The Hall–Kier alpha value is -2.75. The first-order chi connectivity index (χ1) is 16.1. The molecular weight excluding hydrogens is 462 g/mol. The van der Waals surface area contributed by atoms with E-state index in [9.17, 15) is 13.6 Å². The van der Waals surface area contributed by atoms with Crippen LogP contribution in [0, 0.1) is 5.92 Å². The van der Waals surface area contributed by atoms with E-state index in [-0.39, 0.29) is 29.6 Å². The van der Waals surface area contributed by atoms with Gasteiger partial charge in [0.1, 0.15) is 17.5 Å². The molecule has 2 aromatic heterocycles. The molecule has 10 heteroatoms. The molecule has 1 aliphatic carbocycles. The Balaban J connectivity index is 1.55. The van der Waals surface area contributed by atoms with Crippen molar-refractivity contribution in [3.05, 3.63) is 36.2 Å². The predicted molar refractivity (Wildman–Crippen MR) is 126 cm³/mol. The van der Waals surface area contributed by atoms with Crippen molar-refractivity contribution in [3.63, 3.8) is 0 Å². The Morgan fingerprint density at radius 1 is 1.21 bits per heavy atom. The van der Waals surface area contributed by atoms with E-state index in [1.165, 1.54) is 16.3 Å². The number of ether oxygens (including phenoxy) is 2. The number of hydrogen-bond donors (Lipinski definition) is 0. The average Bonchev–Trinajstić information content (AvgIpc) is 3.36. The molecule has 0 amide bonds. The maximum absolute atomic E-state index is 13.8. The van der Waals surface area contributed by atoms with Gasteiger partial charge in [0, 0.05) is 12.5 Å². The number of para-hydroxylation sites is 2. The minimum Gasteiger partial charge on any atom is -0.474 e. The summed E-state index contributed by atoms with van der Waals surface area (Å²) in [5.41, 5.74) is 0.490. The minimum absolute atomic E-state index is 0.126. The molecule has 0 spiro atoms. The molecule has 0 saturated heterocycles. The van der Waals surface area contributed by atoms with Crippen LogP contribution in [0.3, 0.4) is 0 Å². The molecule has 3 aromatic rings. The van der Waals surface area contributed by atoms with Gasteiger partial charge in [0.05, 0.1) is 11.0 Å². The van der Waals surface area contributed by atoms with Gasteiger partial charge in [0.2, 0.25) is 5.88 Å². The number of rotatable bonds is 7. The van der Waals surface area contributed by atoms with Crippen LogP contribution in [0.5, 0.6) is 5.88 Å². The van der Waals surface area contributed by atoms with Crippen LogP contribution in [0.15, 0.2) is 35.5 Å². The number of alkyl halides is 2. The van der Waals surface area contributed by atoms with Crippen molar-refractivity contribution in [1.82, 2.24) is 19.5 Å². The van der Waals surface area contributed by atoms with Crippen molar-refractivity contribution in [2.45, 2.75) is 69.7 Å².